The predicted octanol–water partition coefficient (Wildman–Crippen LogP) is 3.61. The van der Waals surface area contributed by atoms with Gasteiger partial charge in [0.25, 0.3) is 0 Å². The average Bonchev–Trinajstić information content (AvgIpc) is 2.64. The van der Waals surface area contributed by atoms with E-state index < -0.39 is 0 Å². The third-order valence-corrected chi connectivity index (χ3v) is 4.13. The maximum absolute atomic E-state index is 13.4. The molecule has 2 rings (SSSR count). The summed E-state index contributed by atoms with van der Waals surface area (Å²) in [6.07, 6.45) is 7.52. The Morgan fingerprint density at radius 3 is 2.50 bits per heavy atom. The zero-order valence-electron chi connectivity index (χ0n) is 11.1. The highest BCUT2D eigenvalue weighted by Gasteiger charge is 2.24. The summed E-state index contributed by atoms with van der Waals surface area (Å²) in [5.41, 5.74) is 5.05. The number of aryl methyl sites for hydroxylation is 1. The number of hydrogen-bond donors (Lipinski definition) is 2. The van der Waals surface area contributed by atoms with E-state index in [1.54, 1.807) is 6.07 Å². The van der Waals surface area contributed by atoms with Crippen LogP contribution in [0.3, 0.4) is 0 Å². The highest BCUT2D eigenvalue weighted by molar-refractivity contribution is 5.30. The van der Waals surface area contributed by atoms with Crippen LogP contribution in [0.4, 0.5) is 4.39 Å². The molecule has 1 aliphatic carbocycles. The smallest absolute Gasteiger partial charge is 0.123 e. The van der Waals surface area contributed by atoms with Crippen LogP contribution >= 0.6 is 0 Å². The third-order valence-electron chi connectivity index (χ3n) is 4.13. The first kappa shape index (κ1) is 13.5. The lowest BCUT2D eigenvalue weighted by Crippen LogP contribution is -2.34. The van der Waals surface area contributed by atoms with Gasteiger partial charge in [-0.3, -0.25) is 11.3 Å². The first-order valence-electron chi connectivity index (χ1n) is 6.94. The minimum Gasteiger partial charge on any atom is -0.271 e. The van der Waals surface area contributed by atoms with Crippen LogP contribution in [0, 0.1) is 18.7 Å². The molecule has 0 saturated heterocycles. The fraction of sp³-hybridized carbons (Fsp3) is 0.600. The number of nitrogens with one attached hydrogen (secondary N) is 1. The second-order valence-electron chi connectivity index (χ2n) is 5.40. The summed E-state index contributed by atoms with van der Waals surface area (Å²) < 4.78 is 13.4. The number of halogens is 1. The maximum atomic E-state index is 13.4. The summed E-state index contributed by atoms with van der Waals surface area (Å²) in [6.45, 7) is 2.02. The first-order chi connectivity index (χ1) is 8.72. The van der Waals surface area contributed by atoms with Crippen LogP contribution in [0.2, 0.25) is 0 Å². The Hall–Kier alpha value is -0.930. The average molecular weight is 250 g/mol. The monoisotopic (exact) mass is 250 g/mol. The van der Waals surface area contributed by atoms with Gasteiger partial charge in [0.1, 0.15) is 5.82 Å². The lowest BCUT2D eigenvalue weighted by Gasteiger charge is -2.27. The fourth-order valence-corrected chi connectivity index (χ4v) is 3.07. The van der Waals surface area contributed by atoms with E-state index in [1.807, 2.05) is 13.0 Å². The van der Waals surface area contributed by atoms with E-state index in [0.29, 0.717) is 5.92 Å². The number of rotatable bonds is 3. The van der Waals surface area contributed by atoms with Gasteiger partial charge in [0.2, 0.25) is 0 Å². The Bertz CT molecular complexity index is 384. The van der Waals surface area contributed by atoms with Gasteiger partial charge in [0.05, 0.1) is 0 Å². The van der Waals surface area contributed by atoms with Crippen molar-refractivity contribution in [3.63, 3.8) is 0 Å². The van der Waals surface area contributed by atoms with Gasteiger partial charge in [-0.25, -0.2) is 4.39 Å². The van der Waals surface area contributed by atoms with E-state index in [1.165, 1.54) is 44.6 Å². The summed E-state index contributed by atoms with van der Waals surface area (Å²) in [5, 5.41) is 0. The van der Waals surface area contributed by atoms with Crippen LogP contribution in [0.5, 0.6) is 0 Å². The topological polar surface area (TPSA) is 38.0 Å². The van der Waals surface area contributed by atoms with Crippen LogP contribution in [0.15, 0.2) is 18.2 Å². The minimum atomic E-state index is -0.176. The minimum absolute atomic E-state index is 0.0822. The fourth-order valence-electron chi connectivity index (χ4n) is 3.07. The molecule has 1 atom stereocenters. The summed E-state index contributed by atoms with van der Waals surface area (Å²) in [6, 6.07) is 5.06. The van der Waals surface area contributed by atoms with E-state index in [4.69, 9.17) is 5.84 Å². The van der Waals surface area contributed by atoms with Gasteiger partial charge >= 0.3 is 0 Å². The molecule has 1 unspecified atom stereocenters. The van der Waals surface area contributed by atoms with Gasteiger partial charge in [-0.2, -0.15) is 0 Å². The zero-order chi connectivity index (χ0) is 13.0. The maximum Gasteiger partial charge on any atom is 0.123 e. The van der Waals surface area contributed by atoms with Crippen molar-refractivity contribution in [2.24, 2.45) is 11.8 Å². The molecule has 18 heavy (non-hydrogen) atoms. The molecule has 0 amide bonds. The van der Waals surface area contributed by atoms with Crippen molar-refractivity contribution in [3.8, 4) is 0 Å². The van der Waals surface area contributed by atoms with Gasteiger partial charge in [0.15, 0.2) is 0 Å². The van der Waals surface area contributed by atoms with E-state index in [9.17, 15) is 4.39 Å². The molecular weight excluding hydrogens is 227 g/mol. The molecule has 1 saturated carbocycles. The first-order valence-corrected chi connectivity index (χ1v) is 6.94. The lowest BCUT2D eigenvalue weighted by atomic mass is 9.86. The van der Waals surface area contributed by atoms with Gasteiger partial charge < -0.3 is 0 Å². The molecule has 0 radical (unpaired) electrons. The molecule has 0 bridgehead atoms. The van der Waals surface area contributed by atoms with Gasteiger partial charge in [-0.15, -0.1) is 0 Å². The number of benzene rings is 1. The lowest BCUT2D eigenvalue weighted by molar-refractivity contribution is 0.327. The van der Waals surface area contributed by atoms with Crippen molar-refractivity contribution in [1.82, 2.24) is 5.43 Å². The summed E-state index contributed by atoms with van der Waals surface area (Å²) >= 11 is 0. The Morgan fingerprint density at radius 2 is 1.89 bits per heavy atom. The largest absolute Gasteiger partial charge is 0.271 e. The Balaban J connectivity index is 2.23. The standard InChI is InChI=1S/C15H23FN2/c1-11-8-9-13(16)10-14(11)15(18-17)12-6-4-2-3-5-7-12/h8-10,12,15,18H,2-7,17H2,1H3. The normalized spacial score (nSPS) is 19.5. The molecule has 1 aromatic carbocycles. The molecule has 2 nitrogen and oxygen atoms in total. The highest BCUT2D eigenvalue weighted by Crippen LogP contribution is 2.34. The number of nitrogens with two attached hydrogens (primary N) is 1. The third kappa shape index (κ3) is 3.09. The van der Waals surface area contributed by atoms with Crippen molar-refractivity contribution in [2.45, 2.75) is 51.5 Å². The van der Waals surface area contributed by atoms with Crippen molar-refractivity contribution in [1.29, 1.82) is 0 Å². The van der Waals surface area contributed by atoms with E-state index >= 15 is 0 Å². The molecular formula is C15H23FN2. The molecule has 3 N–H and O–H groups in total. The van der Waals surface area contributed by atoms with Crippen LogP contribution in [-0.2, 0) is 0 Å². The summed E-state index contributed by atoms with van der Waals surface area (Å²) in [5.74, 6) is 6.08. The number of hydrogen-bond acceptors (Lipinski definition) is 2. The number of hydrazine groups is 1. The highest BCUT2D eigenvalue weighted by atomic mass is 19.1. The van der Waals surface area contributed by atoms with Crippen molar-refractivity contribution < 1.29 is 4.39 Å². The molecule has 1 aromatic rings. The second kappa shape index (κ2) is 6.30. The zero-order valence-corrected chi connectivity index (χ0v) is 11.1. The molecule has 0 heterocycles. The Kier molecular flexibility index (Phi) is 4.72. The molecule has 100 valence electrons. The van der Waals surface area contributed by atoms with Crippen molar-refractivity contribution >= 4 is 0 Å². The molecule has 1 aliphatic rings. The van der Waals surface area contributed by atoms with Crippen LogP contribution in [0.25, 0.3) is 0 Å². The van der Waals surface area contributed by atoms with Crippen molar-refractivity contribution in [3.05, 3.63) is 35.1 Å². The van der Waals surface area contributed by atoms with Gasteiger partial charge in [-0.05, 0) is 48.9 Å². The summed E-state index contributed by atoms with van der Waals surface area (Å²) in [7, 11) is 0. The quantitative estimate of drug-likeness (QED) is 0.488. The van der Waals surface area contributed by atoms with Gasteiger partial charge in [-0.1, -0.05) is 31.7 Å². The van der Waals surface area contributed by atoms with Gasteiger partial charge in [0, 0.05) is 6.04 Å². The van der Waals surface area contributed by atoms with Crippen LogP contribution in [0.1, 0.15) is 55.7 Å². The Morgan fingerprint density at radius 1 is 1.22 bits per heavy atom. The molecule has 0 spiro atoms. The molecule has 0 aliphatic heterocycles. The van der Waals surface area contributed by atoms with E-state index in [-0.39, 0.29) is 11.9 Å². The second-order valence-corrected chi connectivity index (χ2v) is 5.40. The van der Waals surface area contributed by atoms with Crippen LogP contribution in [-0.4, -0.2) is 0 Å². The summed E-state index contributed by atoms with van der Waals surface area (Å²) in [4.78, 5) is 0. The van der Waals surface area contributed by atoms with E-state index in [2.05, 4.69) is 5.43 Å². The predicted molar refractivity (Wildman–Crippen MR) is 72.4 cm³/mol. The van der Waals surface area contributed by atoms with Crippen molar-refractivity contribution in [2.75, 3.05) is 0 Å². The van der Waals surface area contributed by atoms with Crippen LogP contribution < -0.4 is 11.3 Å². The molecule has 1 fully saturated rings. The van der Waals surface area contributed by atoms with E-state index in [0.717, 1.165) is 11.1 Å². The molecule has 0 aromatic heterocycles. The SMILES string of the molecule is Cc1ccc(F)cc1C(NN)C1CCCCCC1. The molecule has 3 heteroatoms. The Labute approximate surface area is 109 Å².